The molecule has 1 N–H and O–H groups in total. The Kier molecular flexibility index (Phi) is 4.57. The van der Waals surface area contributed by atoms with Gasteiger partial charge >= 0.3 is 0 Å². The number of rotatable bonds is 4. The lowest BCUT2D eigenvalue weighted by atomic mass is 10.2. The van der Waals surface area contributed by atoms with E-state index in [4.69, 9.17) is 23.2 Å². The Morgan fingerprint density at radius 1 is 1.11 bits per heavy atom. The zero-order valence-electron chi connectivity index (χ0n) is 9.39. The number of hydrogen-bond donors (Lipinski definition) is 1. The third-order valence-corrected chi connectivity index (χ3v) is 3.67. The highest BCUT2D eigenvalue weighted by molar-refractivity contribution is 7.98. The zero-order valence-corrected chi connectivity index (χ0v) is 11.7. The van der Waals surface area contributed by atoms with E-state index in [9.17, 15) is 0 Å². The van der Waals surface area contributed by atoms with Crippen molar-refractivity contribution in [3.63, 3.8) is 0 Å². The summed E-state index contributed by atoms with van der Waals surface area (Å²) >= 11 is 13.2. The van der Waals surface area contributed by atoms with Gasteiger partial charge in [0.05, 0.1) is 10.0 Å². The second-order valence-electron chi connectivity index (χ2n) is 3.29. The van der Waals surface area contributed by atoms with Crippen LogP contribution < -0.4 is 5.32 Å². The lowest BCUT2D eigenvalue weighted by Gasteiger charge is -2.02. The van der Waals surface area contributed by atoms with Crippen molar-refractivity contribution in [1.29, 1.82) is 0 Å². The van der Waals surface area contributed by atoms with Crippen LogP contribution in [0.25, 0.3) is 0 Å². The predicted octanol–water partition coefficient (Wildman–Crippen LogP) is 2.91. The van der Waals surface area contributed by atoms with E-state index in [0.717, 1.165) is 5.56 Å². The Hall–Kier alpha value is -1.11. The molecule has 0 aliphatic carbocycles. The molecule has 0 atom stereocenters. The summed E-state index contributed by atoms with van der Waals surface area (Å²) in [6.07, 6.45) is 0. The first kappa shape index (κ1) is 13.3. The number of anilines is 1. The molecule has 0 spiro atoms. The molecule has 0 aliphatic rings. The fourth-order valence-electron chi connectivity index (χ4n) is 1.16. The van der Waals surface area contributed by atoms with Crippen LogP contribution in [0.2, 0.25) is 10.0 Å². The van der Waals surface area contributed by atoms with Crippen LogP contribution in [-0.4, -0.2) is 27.4 Å². The molecule has 0 fully saturated rings. The van der Waals surface area contributed by atoms with Crippen molar-refractivity contribution in [2.24, 2.45) is 0 Å². The Morgan fingerprint density at radius 2 is 1.83 bits per heavy atom. The number of benzene rings is 1. The first-order valence-corrected chi connectivity index (χ1v) is 6.75. The van der Waals surface area contributed by atoms with Gasteiger partial charge in [-0.05, 0) is 17.7 Å². The SMILES string of the molecule is CNc1nnc(SCc2ccc(Cl)c(Cl)c2)nn1. The highest BCUT2D eigenvalue weighted by Crippen LogP contribution is 2.25. The van der Waals surface area contributed by atoms with E-state index in [1.54, 1.807) is 13.1 Å². The van der Waals surface area contributed by atoms with Crippen LogP contribution in [0, 0.1) is 0 Å². The van der Waals surface area contributed by atoms with Crippen LogP contribution in [0.1, 0.15) is 5.56 Å². The summed E-state index contributed by atoms with van der Waals surface area (Å²) in [6, 6.07) is 5.49. The monoisotopic (exact) mass is 301 g/mol. The molecule has 0 saturated carbocycles. The van der Waals surface area contributed by atoms with E-state index in [1.807, 2.05) is 12.1 Å². The molecule has 0 saturated heterocycles. The minimum Gasteiger partial charge on any atom is -0.355 e. The van der Waals surface area contributed by atoms with Crippen molar-refractivity contribution >= 4 is 40.9 Å². The van der Waals surface area contributed by atoms with E-state index in [-0.39, 0.29) is 0 Å². The third kappa shape index (κ3) is 3.44. The van der Waals surface area contributed by atoms with E-state index in [1.165, 1.54) is 11.8 Å². The number of nitrogens with one attached hydrogen (secondary N) is 1. The summed E-state index contributed by atoms with van der Waals surface area (Å²) in [6.45, 7) is 0. The van der Waals surface area contributed by atoms with Gasteiger partial charge in [0, 0.05) is 12.8 Å². The van der Waals surface area contributed by atoms with Crippen molar-refractivity contribution in [2.75, 3.05) is 12.4 Å². The van der Waals surface area contributed by atoms with Gasteiger partial charge < -0.3 is 5.32 Å². The molecule has 94 valence electrons. The predicted molar refractivity (Wildman–Crippen MR) is 73.2 cm³/mol. The molecule has 0 unspecified atom stereocenters. The number of nitrogens with zero attached hydrogens (tertiary/aromatic N) is 4. The van der Waals surface area contributed by atoms with Gasteiger partial charge in [0.2, 0.25) is 5.16 Å². The van der Waals surface area contributed by atoms with Gasteiger partial charge in [0.25, 0.3) is 5.95 Å². The van der Waals surface area contributed by atoms with Crippen LogP contribution in [0.4, 0.5) is 5.95 Å². The van der Waals surface area contributed by atoms with E-state index in [0.29, 0.717) is 26.9 Å². The first-order valence-electron chi connectivity index (χ1n) is 5.01. The molecule has 8 heteroatoms. The number of halogens is 2. The Labute approximate surface area is 118 Å². The number of aromatic nitrogens is 4. The zero-order chi connectivity index (χ0) is 13.0. The largest absolute Gasteiger partial charge is 0.355 e. The molecule has 1 aromatic carbocycles. The fraction of sp³-hybridized carbons (Fsp3) is 0.200. The minimum atomic E-state index is 0.397. The molecule has 2 rings (SSSR count). The summed E-state index contributed by atoms with van der Waals surface area (Å²) in [5.74, 6) is 1.08. The van der Waals surface area contributed by atoms with Gasteiger partial charge in [-0.2, -0.15) is 0 Å². The summed E-state index contributed by atoms with van der Waals surface area (Å²) in [7, 11) is 1.71. The Balaban J connectivity index is 1.99. The fourth-order valence-corrected chi connectivity index (χ4v) is 2.15. The quantitative estimate of drug-likeness (QED) is 0.876. The molecule has 0 radical (unpaired) electrons. The van der Waals surface area contributed by atoms with Gasteiger partial charge in [-0.15, -0.1) is 20.4 Å². The lowest BCUT2D eigenvalue weighted by Crippen LogP contribution is -2.01. The first-order chi connectivity index (χ1) is 8.69. The van der Waals surface area contributed by atoms with Crippen molar-refractivity contribution in [3.05, 3.63) is 33.8 Å². The molecular weight excluding hydrogens is 293 g/mol. The average Bonchev–Trinajstić information content (AvgIpc) is 2.41. The average molecular weight is 302 g/mol. The summed E-state index contributed by atoms with van der Waals surface area (Å²) < 4.78 is 0. The maximum absolute atomic E-state index is 5.93. The van der Waals surface area contributed by atoms with Crippen molar-refractivity contribution < 1.29 is 0 Å². The smallest absolute Gasteiger partial charge is 0.261 e. The lowest BCUT2D eigenvalue weighted by molar-refractivity contribution is 0.753. The molecule has 5 nitrogen and oxygen atoms in total. The maximum Gasteiger partial charge on any atom is 0.261 e. The van der Waals surface area contributed by atoms with E-state index >= 15 is 0 Å². The second-order valence-corrected chi connectivity index (χ2v) is 5.05. The molecular formula is C10H9Cl2N5S. The van der Waals surface area contributed by atoms with Crippen molar-refractivity contribution in [3.8, 4) is 0 Å². The van der Waals surface area contributed by atoms with Crippen LogP contribution in [-0.2, 0) is 5.75 Å². The summed E-state index contributed by atoms with van der Waals surface area (Å²) in [4.78, 5) is 0. The van der Waals surface area contributed by atoms with Crippen molar-refractivity contribution in [1.82, 2.24) is 20.4 Å². The van der Waals surface area contributed by atoms with Crippen molar-refractivity contribution in [2.45, 2.75) is 10.9 Å². The van der Waals surface area contributed by atoms with E-state index < -0.39 is 0 Å². The summed E-state index contributed by atoms with van der Waals surface area (Å²) in [5, 5.41) is 19.9. The third-order valence-electron chi connectivity index (χ3n) is 2.04. The van der Waals surface area contributed by atoms with Gasteiger partial charge in [0.1, 0.15) is 0 Å². The highest BCUT2D eigenvalue weighted by atomic mass is 35.5. The standard InChI is InChI=1S/C10H9Cl2N5S/c1-13-9-14-16-10(17-15-9)18-5-6-2-3-7(11)8(12)4-6/h2-4H,5H2,1H3,(H,13,14,15). The van der Waals surface area contributed by atoms with Gasteiger partial charge in [-0.3, -0.25) is 0 Å². The Morgan fingerprint density at radius 3 is 2.44 bits per heavy atom. The summed E-state index contributed by atoms with van der Waals surface area (Å²) in [5.41, 5.74) is 1.04. The number of thioether (sulfide) groups is 1. The molecule has 1 aromatic heterocycles. The molecule has 2 aromatic rings. The van der Waals surface area contributed by atoms with Crippen LogP contribution >= 0.6 is 35.0 Å². The minimum absolute atomic E-state index is 0.397. The van der Waals surface area contributed by atoms with E-state index in [2.05, 4.69) is 25.7 Å². The van der Waals surface area contributed by atoms with Gasteiger partial charge in [-0.1, -0.05) is 41.0 Å². The maximum atomic E-state index is 5.93. The second kappa shape index (κ2) is 6.17. The molecule has 18 heavy (non-hydrogen) atoms. The topological polar surface area (TPSA) is 63.6 Å². The van der Waals surface area contributed by atoms with Crippen LogP contribution in [0.15, 0.2) is 23.4 Å². The number of hydrogen-bond acceptors (Lipinski definition) is 6. The normalized spacial score (nSPS) is 10.4. The van der Waals surface area contributed by atoms with Crippen LogP contribution in [0.5, 0.6) is 0 Å². The molecule has 0 amide bonds. The van der Waals surface area contributed by atoms with Gasteiger partial charge in [0.15, 0.2) is 0 Å². The highest BCUT2D eigenvalue weighted by Gasteiger charge is 2.04. The van der Waals surface area contributed by atoms with Gasteiger partial charge in [-0.25, -0.2) is 0 Å². The molecule has 1 heterocycles. The van der Waals surface area contributed by atoms with Crippen LogP contribution in [0.3, 0.4) is 0 Å². The Bertz CT molecular complexity index is 534. The molecule has 0 bridgehead atoms. The molecule has 0 aliphatic heterocycles.